The van der Waals surface area contributed by atoms with Gasteiger partial charge in [0.05, 0.1) is 0 Å². The van der Waals surface area contributed by atoms with Gasteiger partial charge in [-0.15, -0.1) is 0 Å². The molecule has 4 rings (SSSR count). The van der Waals surface area contributed by atoms with E-state index in [-0.39, 0.29) is 0 Å². The van der Waals surface area contributed by atoms with Crippen LogP contribution >= 0.6 is 11.6 Å². The lowest BCUT2D eigenvalue weighted by molar-refractivity contribution is 0.0902. The molecule has 3 atom stereocenters. The highest BCUT2D eigenvalue weighted by Crippen LogP contribution is 2.37. The van der Waals surface area contributed by atoms with Gasteiger partial charge in [-0.25, -0.2) is 0 Å². The molecular weight excluding hydrogens is 316 g/mol. The molecule has 2 fully saturated rings. The third-order valence-corrected chi connectivity index (χ3v) is 5.97. The molecule has 2 heterocycles. The lowest BCUT2D eigenvalue weighted by Gasteiger charge is -2.45. The van der Waals surface area contributed by atoms with Crippen molar-refractivity contribution in [1.82, 2.24) is 4.90 Å². The molecule has 0 unspecified atom stereocenters. The van der Waals surface area contributed by atoms with Crippen LogP contribution in [-0.4, -0.2) is 30.1 Å². The summed E-state index contributed by atoms with van der Waals surface area (Å²) in [7, 11) is 0. The molecule has 2 aromatic rings. The Bertz CT molecular complexity index is 673. The van der Waals surface area contributed by atoms with Gasteiger partial charge in [-0.05, 0) is 55.4 Å². The van der Waals surface area contributed by atoms with Gasteiger partial charge in [-0.3, -0.25) is 4.90 Å². The highest BCUT2D eigenvalue weighted by Gasteiger charge is 2.34. The van der Waals surface area contributed by atoms with E-state index in [9.17, 15) is 0 Å². The van der Waals surface area contributed by atoms with Crippen molar-refractivity contribution in [1.29, 1.82) is 0 Å². The largest absolute Gasteiger partial charge is 0.382 e. The molecule has 1 N–H and O–H groups in total. The summed E-state index contributed by atoms with van der Waals surface area (Å²) in [6.07, 6.45) is 5.01. The van der Waals surface area contributed by atoms with Crippen LogP contribution in [-0.2, 0) is 0 Å². The van der Waals surface area contributed by atoms with E-state index in [0.29, 0.717) is 12.0 Å². The third-order valence-electron chi connectivity index (χ3n) is 5.63. The first-order valence-corrected chi connectivity index (χ1v) is 9.47. The first-order valence-electron chi connectivity index (χ1n) is 9.09. The van der Waals surface area contributed by atoms with Crippen LogP contribution in [0.15, 0.2) is 54.6 Å². The first-order chi connectivity index (χ1) is 11.8. The zero-order chi connectivity index (χ0) is 16.4. The summed E-state index contributed by atoms with van der Waals surface area (Å²) in [6, 6.07) is 20.3. The highest BCUT2D eigenvalue weighted by molar-refractivity contribution is 6.31. The molecule has 0 aromatic heterocycles. The van der Waals surface area contributed by atoms with E-state index in [0.717, 1.165) is 17.6 Å². The fourth-order valence-corrected chi connectivity index (χ4v) is 4.66. The first kappa shape index (κ1) is 16.0. The van der Waals surface area contributed by atoms with E-state index >= 15 is 0 Å². The number of anilines is 1. The minimum Gasteiger partial charge on any atom is -0.382 e. The van der Waals surface area contributed by atoms with Crippen molar-refractivity contribution < 1.29 is 0 Å². The predicted octanol–water partition coefficient (Wildman–Crippen LogP) is 5.16. The molecule has 0 radical (unpaired) electrons. The Morgan fingerprint density at radius 1 is 0.917 bits per heavy atom. The van der Waals surface area contributed by atoms with Gasteiger partial charge >= 0.3 is 0 Å². The molecule has 2 saturated heterocycles. The Hall–Kier alpha value is -1.51. The topological polar surface area (TPSA) is 15.3 Å². The Morgan fingerprint density at radius 2 is 1.71 bits per heavy atom. The number of rotatable bonds is 3. The van der Waals surface area contributed by atoms with Crippen LogP contribution in [0.25, 0.3) is 0 Å². The van der Waals surface area contributed by atoms with E-state index in [1.807, 2.05) is 12.1 Å². The van der Waals surface area contributed by atoms with Crippen LogP contribution < -0.4 is 5.32 Å². The number of nitrogens with zero attached hydrogens (tertiary/aromatic N) is 1. The SMILES string of the molecule is Clc1ccccc1[C@@H]1CC[C@H]2C[C@@H](Nc3ccccc3)CCN2C1. The van der Waals surface area contributed by atoms with Crippen molar-refractivity contribution in [2.45, 2.75) is 43.7 Å². The summed E-state index contributed by atoms with van der Waals surface area (Å²) >= 11 is 6.42. The van der Waals surface area contributed by atoms with Gasteiger partial charge in [0.25, 0.3) is 0 Å². The number of para-hydroxylation sites is 1. The Kier molecular flexibility index (Phi) is 4.77. The van der Waals surface area contributed by atoms with E-state index in [1.54, 1.807) is 0 Å². The molecule has 0 amide bonds. The average Bonchev–Trinajstić information content (AvgIpc) is 2.63. The summed E-state index contributed by atoms with van der Waals surface area (Å²) in [5.74, 6) is 0.591. The highest BCUT2D eigenvalue weighted by atomic mass is 35.5. The molecule has 2 aliphatic rings. The minimum atomic E-state index is 0.591. The summed E-state index contributed by atoms with van der Waals surface area (Å²) in [5, 5.41) is 4.65. The fourth-order valence-electron chi connectivity index (χ4n) is 4.37. The molecule has 126 valence electrons. The van der Waals surface area contributed by atoms with Crippen LogP contribution in [0.3, 0.4) is 0 Å². The zero-order valence-electron chi connectivity index (χ0n) is 14.0. The van der Waals surface area contributed by atoms with Crippen LogP contribution in [0.5, 0.6) is 0 Å². The monoisotopic (exact) mass is 340 g/mol. The summed E-state index contributed by atoms with van der Waals surface area (Å²) in [6.45, 7) is 2.35. The summed E-state index contributed by atoms with van der Waals surface area (Å²) in [5.41, 5.74) is 2.59. The van der Waals surface area contributed by atoms with Crippen molar-refractivity contribution in [3.05, 3.63) is 65.2 Å². The maximum atomic E-state index is 6.42. The second kappa shape index (κ2) is 7.16. The van der Waals surface area contributed by atoms with Gasteiger partial charge < -0.3 is 5.32 Å². The second-order valence-electron chi connectivity index (χ2n) is 7.18. The number of fused-ring (bicyclic) bond motifs is 1. The Balaban J connectivity index is 1.38. The van der Waals surface area contributed by atoms with Crippen LogP contribution in [0.4, 0.5) is 5.69 Å². The number of piperidine rings is 2. The standard InChI is InChI=1S/C21H25ClN2/c22-21-9-5-4-8-20(21)16-10-11-19-14-18(12-13-24(19)15-16)23-17-6-2-1-3-7-17/h1-9,16,18-19,23H,10-15H2/t16-,18+,19+/m1/s1. The van der Waals surface area contributed by atoms with Gasteiger partial charge in [0.15, 0.2) is 0 Å². The van der Waals surface area contributed by atoms with E-state index in [1.165, 1.54) is 43.5 Å². The maximum Gasteiger partial charge on any atom is 0.0441 e. The third kappa shape index (κ3) is 3.45. The molecule has 2 aromatic carbocycles. The van der Waals surface area contributed by atoms with Crippen LogP contribution in [0, 0.1) is 0 Å². The van der Waals surface area contributed by atoms with Gasteiger partial charge in [-0.1, -0.05) is 48.0 Å². The normalized spacial score (nSPS) is 27.5. The quantitative estimate of drug-likeness (QED) is 0.830. The van der Waals surface area contributed by atoms with Crippen molar-refractivity contribution in [3.63, 3.8) is 0 Å². The molecule has 0 aliphatic carbocycles. The van der Waals surface area contributed by atoms with Crippen molar-refractivity contribution in [3.8, 4) is 0 Å². The van der Waals surface area contributed by atoms with Crippen molar-refractivity contribution >= 4 is 17.3 Å². The zero-order valence-corrected chi connectivity index (χ0v) is 14.8. The molecule has 24 heavy (non-hydrogen) atoms. The molecule has 0 spiro atoms. The van der Waals surface area contributed by atoms with Crippen molar-refractivity contribution in [2.75, 3.05) is 18.4 Å². The van der Waals surface area contributed by atoms with Gasteiger partial charge in [-0.2, -0.15) is 0 Å². The lowest BCUT2D eigenvalue weighted by Crippen LogP contribution is -2.50. The van der Waals surface area contributed by atoms with Crippen LogP contribution in [0.2, 0.25) is 5.02 Å². The van der Waals surface area contributed by atoms with Crippen molar-refractivity contribution in [2.24, 2.45) is 0 Å². The number of hydrogen-bond donors (Lipinski definition) is 1. The van der Waals surface area contributed by atoms with Gasteiger partial charge in [0.1, 0.15) is 0 Å². The second-order valence-corrected chi connectivity index (χ2v) is 7.58. The molecule has 2 nitrogen and oxygen atoms in total. The number of nitrogens with one attached hydrogen (secondary N) is 1. The minimum absolute atomic E-state index is 0.591. The fraction of sp³-hybridized carbons (Fsp3) is 0.429. The van der Waals surface area contributed by atoms with E-state index < -0.39 is 0 Å². The molecule has 0 saturated carbocycles. The smallest absolute Gasteiger partial charge is 0.0441 e. The summed E-state index contributed by atoms with van der Waals surface area (Å²) < 4.78 is 0. The average molecular weight is 341 g/mol. The number of benzene rings is 2. The molecule has 3 heteroatoms. The Labute approximate surface area is 149 Å². The number of halogens is 1. The number of hydrogen-bond acceptors (Lipinski definition) is 2. The van der Waals surface area contributed by atoms with E-state index in [2.05, 4.69) is 52.7 Å². The lowest BCUT2D eigenvalue weighted by atomic mass is 9.82. The summed E-state index contributed by atoms with van der Waals surface area (Å²) in [4.78, 5) is 2.70. The Morgan fingerprint density at radius 3 is 2.54 bits per heavy atom. The predicted molar refractivity (Wildman–Crippen MR) is 102 cm³/mol. The molecule has 0 bridgehead atoms. The molecular formula is C21H25ClN2. The van der Waals surface area contributed by atoms with E-state index in [4.69, 9.17) is 11.6 Å². The van der Waals surface area contributed by atoms with Crippen LogP contribution in [0.1, 0.15) is 37.2 Å². The van der Waals surface area contributed by atoms with Gasteiger partial charge in [0, 0.05) is 35.9 Å². The molecule has 2 aliphatic heterocycles. The maximum absolute atomic E-state index is 6.42. The van der Waals surface area contributed by atoms with Gasteiger partial charge in [0.2, 0.25) is 0 Å².